The van der Waals surface area contributed by atoms with Gasteiger partial charge in [0.25, 0.3) is 0 Å². The van der Waals surface area contributed by atoms with E-state index >= 15 is 0 Å². The van der Waals surface area contributed by atoms with Crippen LogP contribution in [0.25, 0.3) is 0 Å². The van der Waals surface area contributed by atoms with Crippen LogP contribution >= 0.6 is 11.8 Å². The molecule has 0 aliphatic carbocycles. The third-order valence-electron chi connectivity index (χ3n) is 3.84. The number of carbonyl (C=O) groups is 2. The Morgan fingerprint density at radius 1 is 1.22 bits per heavy atom. The zero-order valence-electron chi connectivity index (χ0n) is 14.5. The van der Waals surface area contributed by atoms with Crippen molar-refractivity contribution in [1.29, 1.82) is 5.26 Å². The van der Waals surface area contributed by atoms with Crippen LogP contribution in [-0.4, -0.2) is 29.3 Å². The van der Waals surface area contributed by atoms with Gasteiger partial charge in [-0.3, -0.25) is 14.9 Å². The Bertz CT molecular complexity index is 907. The molecule has 1 heterocycles. The van der Waals surface area contributed by atoms with Crippen molar-refractivity contribution in [2.24, 2.45) is 4.99 Å². The zero-order valence-corrected chi connectivity index (χ0v) is 15.3. The molecule has 0 bridgehead atoms. The summed E-state index contributed by atoms with van der Waals surface area (Å²) in [4.78, 5) is 30.6. The van der Waals surface area contributed by atoms with Gasteiger partial charge in [0.1, 0.15) is 11.0 Å². The Kier molecular flexibility index (Phi) is 5.74. The molecule has 0 spiro atoms. The number of para-hydroxylation sites is 1. The lowest BCUT2D eigenvalue weighted by Crippen LogP contribution is -2.32. The summed E-state index contributed by atoms with van der Waals surface area (Å²) in [5, 5.41) is 11.1. The molecule has 2 aromatic rings. The molecule has 0 aromatic heterocycles. The number of aliphatic imine (C=N–C) groups is 1. The number of methoxy groups -OCH3 is 1. The summed E-state index contributed by atoms with van der Waals surface area (Å²) >= 11 is 1.07. The van der Waals surface area contributed by atoms with Crippen molar-refractivity contribution < 1.29 is 14.3 Å². The zero-order chi connectivity index (χ0) is 19.2. The first-order valence-electron chi connectivity index (χ1n) is 8.08. The summed E-state index contributed by atoms with van der Waals surface area (Å²) in [6.07, 6.45) is 1.86. The smallest absolute Gasteiger partial charge is 0.247 e. The molecule has 1 atom stereocenters. The minimum atomic E-state index is -0.650. The van der Waals surface area contributed by atoms with Crippen LogP contribution in [0, 0.1) is 11.5 Å². The van der Waals surface area contributed by atoms with Crippen molar-refractivity contribution in [3.8, 4) is 11.9 Å². The van der Waals surface area contributed by atoms with E-state index in [1.807, 2.05) is 24.4 Å². The standard InChI is InChI=1S/C19H16N4O3S/c1-26-15-9-7-14(8-10-15)23-17(24)11-16(18(23)25)27-19(21-12-20)22-13-5-3-2-4-6-13/h2-10,16H,11H2,1H3,(H,21,22)/t16-/m0/s1. The average Bonchev–Trinajstić information content (AvgIpc) is 2.96. The number of carbonyl (C=O) groups excluding carboxylic acids is 2. The third kappa shape index (κ3) is 4.27. The molecule has 1 saturated heterocycles. The second-order valence-electron chi connectivity index (χ2n) is 5.57. The quantitative estimate of drug-likeness (QED) is 0.288. The molecular weight excluding hydrogens is 364 g/mol. The topological polar surface area (TPSA) is 94.8 Å². The summed E-state index contributed by atoms with van der Waals surface area (Å²) in [6.45, 7) is 0. The fourth-order valence-corrected chi connectivity index (χ4v) is 3.55. The number of ether oxygens (including phenoxy) is 1. The average molecular weight is 380 g/mol. The molecule has 1 N–H and O–H groups in total. The summed E-state index contributed by atoms with van der Waals surface area (Å²) in [6, 6.07) is 15.8. The van der Waals surface area contributed by atoms with E-state index < -0.39 is 5.25 Å². The van der Waals surface area contributed by atoms with Crippen molar-refractivity contribution in [2.45, 2.75) is 11.7 Å². The lowest BCUT2D eigenvalue weighted by Gasteiger charge is -2.15. The fraction of sp³-hybridized carbons (Fsp3) is 0.158. The Hall–Kier alpha value is -3.31. The number of imide groups is 1. The van der Waals surface area contributed by atoms with Gasteiger partial charge in [0.15, 0.2) is 11.4 Å². The third-order valence-corrected chi connectivity index (χ3v) is 4.91. The highest BCUT2D eigenvalue weighted by molar-refractivity contribution is 8.15. The molecular formula is C19H16N4O3S. The monoisotopic (exact) mass is 380 g/mol. The summed E-state index contributed by atoms with van der Waals surface area (Å²) in [5.41, 5.74) is 1.13. The highest BCUT2D eigenvalue weighted by Crippen LogP contribution is 2.31. The lowest BCUT2D eigenvalue weighted by atomic mass is 10.3. The van der Waals surface area contributed by atoms with E-state index in [0.29, 0.717) is 17.1 Å². The number of hydrogen-bond acceptors (Lipinski definition) is 6. The van der Waals surface area contributed by atoms with Crippen molar-refractivity contribution in [2.75, 3.05) is 12.0 Å². The van der Waals surface area contributed by atoms with Gasteiger partial charge in [0, 0.05) is 6.42 Å². The van der Waals surface area contributed by atoms with Crippen molar-refractivity contribution in [1.82, 2.24) is 5.32 Å². The molecule has 1 aliphatic rings. The number of hydrogen-bond donors (Lipinski definition) is 1. The minimum absolute atomic E-state index is 0.0381. The largest absolute Gasteiger partial charge is 0.497 e. The number of nitriles is 1. The number of nitrogens with one attached hydrogen (secondary N) is 1. The molecule has 27 heavy (non-hydrogen) atoms. The first kappa shape index (κ1) is 18.5. The van der Waals surface area contributed by atoms with Crippen LogP contribution in [0.2, 0.25) is 0 Å². The van der Waals surface area contributed by atoms with E-state index in [1.54, 1.807) is 43.5 Å². The van der Waals surface area contributed by atoms with Crippen LogP contribution in [0.15, 0.2) is 59.6 Å². The molecule has 0 saturated carbocycles. The van der Waals surface area contributed by atoms with Gasteiger partial charge < -0.3 is 4.74 Å². The predicted molar refractivity (Wildman–Crippen MR) is 104 cm³/mol. The van der Waals surface area contributed by atoms with E-state index in [4.69, 9.17) is 10.00 Å². The number of amides is 2. The maximum Gasteiger partial charge on any atom is 0.247 e. The number of thioether (sulfide) groups is 1. The maximum absolute atomic E-state index is 12.8. The molecule has 1 fully saturated rings. The SMILES string of the molecule is COc1ccc(N2C(=O)C[C@H](SC(=Nc3ccccc3)NC#N)C2=O)cc1. The molecule has 8 heteroatoms. The van der Waals surface area contributed by atoms with Gasteiger partial charge in [-0.1, -0.05) is 30.0 Å². The maximum atomic E-state index is 12.8. The van der Waals surface area contributed by atoms with Gasteiger partial charge in [-0.05, 0) is 36.4 Å². The van der Waals surface area contributed by atoms with Crippen LogP contribution in [0.3, 0.4) is 0 Å². The molecule has 1 aliphatic heterocycles. The molecule has 2 amide bonds. The normalized spacial score (nSPS) is 17.0. The number of benzene rings is 2. The highest BCUT2D eigenvalue weighted by Gasteiger charge is 2.40. The molecule has 2 aromatic carbocycles. The van der Waals surface area contributed by atoms with Gasteiger partial charge >= 0.3 is 0 Å². The van der Waals surface area contributed by atoms with E-state index in [0.717, 1.165) is 16.7 Å². The van der Waals surface area contributed by atoms with Crippen LogP contribution in [0.5, 0.6) is 5.75 Å². The second kappa shape index (κ2) is 8.38. The molecule has 0 radical (unpaired) electrons. The fourth-order valence-electron chi connectivity index (χ4n) is 2.58. The van der Waals surface area contributed by atoms with Gasteiger partial charge in [-0.2, -0.15) is 5.26 Å². The summed E-state index contributed by atoms with van der Waals surface area (Å²) in [5.74, 6) is 0.00799. The molecule has 3 rings (SSSR count). The van der Waals surface area contributed by atoms with E-state index in [9.17, 15) is 9.59 Å². The van der Waals surface area contributed by atoms with Crippen LogP contribution in [-0.2, 0) is 9.59 Å². The number of rotatable bonds is 4. The number of amidine groups is 1. The summed E-state index contributed by atoms with van der Waals surface area (Å²) < 4.78 is 5.10. The first-order valence-corrected chi connectivity index (χ1v) is 8.96. The Labute approximate surface area is 160 Å². The van der Waals surface area contributed by atoms with Crippen LogP contribution < -0.4 is 15.0 Å². The van der Waals surface area contributed by atoms with E-state index in [2.05, 4.69) is 10.3 Å². The molecule has 0 unspecified atom stereocenters. The van der Waals surface area contributed by atoms with Crippen LogP contribution in [0.1, 0.15) is 6.42 Å². The predicted octanol–water partition coefficient (Wildman–Crippen LogP) is 2.82. The van der Waals surface area contributed by atoms with E-state index in [-0.39, 0.29) is 23.4 Å². The van der Waals surface area contributed by atoms with Crippen molar-refractivity contribution in [3.05, 3.63) is 54.6 Å². The lowest BCUT2D eigenvalue weighted by molar-refractivity contribution is -0.121. The number of anilines is 1. The van der Waals surface area contributed by atoms with Gasteiger partial charge in [0.05, 0.1) is 18.5 Å². The molecule has 136 valence electrons. The van der Waals surface area contributed by atoms with E-state index in [1.165, 1.54) is 0 Å². The van der Waals surface area contributed by atoms with Crippen LogP contribution in [0.4, 0.5) is 11.4 Å². The van der Waals surface area contributed by atoms with Crippen molar-refractivity contribution in [3.63, 3.8) is 0 Å². The molecule has 7 nitrogen and oxygen atoms in total. The first-order chi connectivity index (χ1) is 13.1. The van der Waals surface area contributed by atoms with Gasteiger partial charge in [0.2, 0.25) is 11.8 Å². The number of nitrogens with zero attached hydrogens (tertiary/aromatic N) is 3. The summed E-state index contributed by atoms with van der Waals surface area (Å²) in [7, 11) is 1.55. The van der Waals surface area contributed by atoms with Gasteiger partial charge in [-0.15, -0.1) is 0 Å². The second-order valence-corrected chi connectivity index (χ2v) is 6.76. The minimum Gasteiger partial charge on any atom is -0.497 e. The Morgan fingerprint density at radius 2 is 1.93 bits per heavy atom. The van der Waals surface area contributed by atoms with Crippen molar-refractivity contribution >= 4 is 40.1 Å². The Morgan fingerprint density at radius 3 is 2.56 bits per heavy atom. The van der Waals surface area contributed by atoms with Gasteiger partial charge in [-0.25, -0.2) is 9.89 Å². The highest BCUT2D eigenvalue weighted by atomic mass is 32.2. The Balaban J connectivity index is 1.78.